The van der Waals surface area contributed by atoms with Crippen LogP contribution < -0.4 is 10.6 Å². The van der Waals surface area contributed by atoms with Gasteiger partial charge < -0.3 is 15.5 Å². The first-order valence-electron chi connectivity index (χ1n) is 12.9. The fourth-order valence-electron chi connectivity index (χ4n) is 4.19. The van der Waals surface area contributed by atoms with Crippen molar-refractivity contribution in [1.29, 1.82) is 0 Å². The number of aromatic nitrogens is 1. The van der Waals surface area contributed by atoms with Gasteiger partial charge >= 0.3 is 0 Å². The lowest BCUT2D eigenvalue weighted by Crippen LogP contribution is -2.42. The van der Waals surface area contributed by atoms with Crippen molar-refractivity contribution in [3.63, 3.8) is 0 Å². The van der Waals surface area contributed by atoms with Crippen molar-refractivity contribution >= 4 is 34.2 Å². The lowest BCUT2D eigenvalue weighted by atomic mass is 9.98. The van der Waals surface area contributed by atoms with Gasteiger partial charge in [0.2, 0.25) is 11.8 Å². The van der Waals surface area contributed by atoms with E-state index in [9.17, 15) is 14.4 Å². The van der Waals surface area contributed by atoms with E-state index >= 15 is 0 Å². The van der Waals surface area contributed by atoms with Gasteiger partial charge in [-0.2, -0.15) is 0 Å². The van der Waals surface area contributed by atoms with Crippen LogP contribution in [0.3, 0.4) is 0 Å². The van der Waals surface area contributed by atoms with Crippen LogP contribution in [-0.2, 0) is 22.4 Å². The number of amides is 3. The third-order valence-electron chi connectivity index (χ3n) is 6.18. The molecule has 3 amide bonds. The van der Waals surface area contributed by atoms with Gasteiger partial charge in [0.15, 0.2) is 5.13 Å². The summed E-state index contributed by atoms with van der Waals surface area (Å²) in [6.45, 7) is 3.64. The minimum absolute atomic E-state index is 0.0924. The first-order valence-corrected chi connectivity index (χ1v) is 13.8. The van der Waals surface area contributed by atoms with Gasteiger partial charge in [-0.25, -0.2) is 4.98 Å². The summed E-state index contributed by atoms with van der Waals surface area (Å²) in [6.07, 6.45) is 0.762. The van der Waals surface area contributed by atoms with Crippen molar-refractivity contribution in [2.75, 3.05) is 11.9 Å². The summed E-state index contributed by atoms with van der Waals surface area (Å²) >= 11 is 1.25. The average Bonchev–Trinajstić information content (AvgIpc) is 3.38. The maximum Gasteiger partial charge on any atom is 0.254 e. The molecule has 39 heavy (non-hydrogen) atoms. The second-order valence-corrected chi connectivity index (χ2v) is 10.3. The Labute approximate surface area is 232 Å². The molecule has 1 aromatic heterocycles. The van der Waals surface area contributed by atoms with Gasteiger partial charge in [0.05, 0.1) is 18.2 Å². The Morgan fingerprint density at radius 2 is 1.46 bits per heavy atom. The van der Waals surface area contributed by atoms with E-state index in [4.69, 9.17) is 0 Å². The van der Waals surface area contributed by atoms with Crippen molar-refractivity contribution in [3.8, 4) is 0 Å². The minimum Gasteiger partial charge on any atom is -0.349 e. The van der Waals surface area contributed by atoms with Crippen molar-refractivity contribution in [3.05, 3.63) is 119 Å². The highest BCUT2D eigenvalue weighted by molar-refractivity contribution is 7.13. The molecule has 4 aromatic rings. The van der Waals surface area contributed by atoms with E-state index < -0.39 is 0 Å². The molecule has 0 saturated heterocycles. The monoisotopic (exact) mass is 540 g/mol. The van der Waals surface area contributed by atoms with E-state index in [0.29, 0.717) is 22.8 Å². The van der Waals surface area contributed by atoms with Crippen LogP contribution in [0.2, 0.25) is 0 Å². The number of carbonyl (C=O) groups is 3. The zero-order valence-corrected chi connectivity index (χ0v) is 22.9. The number of thiazole rings is 1. The van der Waals surface area contributed by atoms with Crippen molar-refractivity contribution in [2.45, 2.75) is 38.8 Å². The van der Waals surface area contributed by atoms with Crippen LogP contribution >= 0.6 is 11.3 Å². The largest absolute Gasteiger partial charge is 0.349 e. The van der Waals surface area contributed by atoms with Crippen LogP contribution in [0.1, 0.15) is 47.1 Å². The smallest absolute Gasteiger partial charge is 0.254 e. The zero-order valence-electron chi connectivity index (χ0n) is 22.0. The molecule has 0 aliphatic carbocycles. The Kier molecular flexibility index (Phi) is 9.58. The summed E-state index contributed by atoms with van der Waals surface area (Å²) in [5, 5.41) is 8.06. The predicted octanol–water partition coefficient (Wildman–Crippen LogP) is 5.28. The second-order valence-electron chi connectivity index (χ2n) is 9.48. The normalized spacial score (nSPS) is 11.6. The molecule has 4 rings (SSSR count). The Morgan fingerprint density at radius 3 is 2.10 bits per heavy atom. The molecule has 0 bridgehead atoms. The number of hydrogen-bond donors (Lipinski definition) is 2. The third-order valence-corrected chi connectivity index (χ3v) is 6.99. The van der Waals surface area contributed by atoms with E-state index in [0.717, 1.165) is 11.1 Å². The minimum atomic E-state index is -0.342. The second kappa shape index (κ2) is 13.5. The van der Waals surface area contributed by atoms with Gasteiger partial charge in [-0.05, 0) is 43.5 Å². The van der Waals surface area contributed by atoms with E-state index in [1.807, 2.05) is 80.6 Å². The van der Waals surface area contributed by atoms with Crippen LogP contribution in [0.5, 0.6) is 0 Å². The lowest BCUT2D eigenvalue weighted by Gasteiger charge is -2.26. The molecule has 1 unspecified atom stereocenters. The number of benzene rings is 3. The molecule has 0 fully saturated rings. The first kappa shape index (κ1) is 27.7. The molecular formula is C31H32N4O3S. The quantitative estimate of drug-likeness (QED) is 0.271. The number of nitrogens with zero attached hydrogens (tertiary/aromatic N) is 2. The molecule has 2 N–H and O–H groups in total. The molecule has 0 aliphatic rings. The molecule has 1 heterocycles. The fourth-order valence-corrected chi connectivity index (χ4v) is 4.92. The molecule has 1 atom stereocenters. The van der Waals surface area contributed by atoms with Crippen LogP contribution in [-0.4, -0.2) is 40.2 Å². The third kappa shape index (κ3) is 8.09. The standard InChI is InChI=1S/C31H32N4O3S/c1-22(2)35(30(38)25-16-10-5-11-17-25)20-29(37)34-31-32-26(21-39-31)19-28(36)33-27(24-14-8-4-9-15-24)18-23-12-6-3-7-13-23/h3-17,21-22,27H,18-20H2,1-2H3,(H,33,36)(H,32,34,37). The predicted molar refractivity (Wildman–Crippen MR) is 155 cm³/mol. The highest BCUT2D eigenvalue weighted by Crippen LogP contribution is 2.20. The topological polar surface area (TPSA) is 91.4 Å². The van der Waals surface area contributed by atoms with Gasteiger partial charge in [-0.15, -0.1) is 11.3 Å². The lowest BCUT2D eigenvalue weighted by molar-refractivity contribution is -0.121. The van der Waals surface area contributed by atoms with Gasteiger partial charge in [0.25, 0.3) is 5.91 Å². The van der Waals surface area contributed by atoms with Gasteiger partial charge in [-0.1, -0.05) is 78.9 Å². The van der Waals surface area contributed by atoms with Crippen molar-refractivity contribution in [2.24, 2.45) is 0 Å². The molecule has 3 aromatic carbocycles. The van der Waals surface area contributed by atoms with Crippen LogP contribution in [0.25, 0.3) is 0 Å². The highest BCUT2D eigenvalue weighted by atomic mass is 32.1. The molecule has 200 valence electrons. The number of hydrogen-bond acceptors (Lipinski definition) is 5. The van der Waals surface area contributed by atoms with Crippen LogP contribution in [0.4, 0.5) is 5.13 Å². The van der Waals surface area contributed by atoms with Crippen LogP contribution in [0, 0.1) is 0 Å². The molecule has 0 aliphatic heterocycles. The van der Waals surface area contributed by atoms with Gasteiger partial charge in [-0.3, -0.25) is 14.4 Å². The summed E-state index contributed by atoms with van der Waals surface area (Å²) in [5.41, 5.74) is 3.26. The summed E-state index contributed by atoms with van der Waals surface area (Å²) in [7, 11) is 0. The average molecular weight is 541 g/mol. The number of carbonyl (C=O) groups excluding carboxylic acids is 3. The molecular weight excluding hydrogens is 508 g/mol. The molecule has 0 spiro atoms. The first-order chi connectivity index (χ1) is 18.9. The van der Waals surface area contributed by atoms with E-state index in [1.165, 1.54) is 16.2 Å². The summed E-state index contributed by atoms with van der Waals surface area (Å²) in [6, 6.07) is 28.5. The molecule has 8 heteroatoms. The Bertz CT molecular complexity index is 1370. The van der Waals surface area contributed by atoms with E-state index in [-0.39, 0.29) is 42.8 Å². The summed E-state index contributed by atoms with van der Waals surface area (Å²) < 4.78 is 0. The molecule has 0 radical (unpaired) electrons. The zero-order chi connectivity index (χ0) is 27.6. The Balaban J connectivity index is 1.35. The summed E-state index contributed by atoms with van der Waals surface area (Å²) in [4.78, 5) is 44.6. The van der Waals surface area contributed by atoms with Gasteiger partial charge in [0, 0.05) is 17.0 Å². The fraction of sp³-hybridized carbons (Fsp3) is 0.226. The number of nitrogens with one attached hydrogen (secondary N) is 2. The SMILES string of the molecule is CC(C)N(CC(=O)Nc1nc(CC(=O)NC(Cc2ccccc2)c2ccccc2)cs1)C(=O)c1ccccc1. The van der Waals surface area contributed by atoms with Crippen molar-refractivity contribution < 1.29 is 14.4 Å². The van der Waals surface area contributed by atoms with Crippen LogP contribution in [0.15, 0.2) is 96.4 Å². The number of rotatable bonds is 11. The summed E-state index contributed by atoms with van der Waals surface area (Å²) in [5.74, 6) is -0.701. The molecule has 7 nitrogen and oxygen atoms in total. The Morgan fingerprint density at radius 1 is 0.846 bits per heavy atom. The van der Waals surface area contributed by atoms with Gasteiger partial charge in [0.1, 0.15) is 6.54 Å². The van der Waals surface area contributed by atoms with E-state index in [2.05, 4.69) is 15.6 Å². The highest BCUT2D eigenvalue weighted by Gasteiger charge is 2.22. The maximum atomic E-state index is 13.0. The number of anilines is 1. The Hall–Kier alpha value is -4.30. The van der Waals surface area contributed by atoms with Crippen molar-refractivity contribution in [1.82, 2.24) is 15.2 Å². The van der Waals surface area contributed by atoms with E-state index in [1.54, 1.807) is 29.6 Å². The molecule has 0 saturated carbocycles. The maximum absolute atomic E-state index is 13.0.